The number of hydrogen-bond acceptors (Lipinski definition) is 2. The zero-order valence-corrected chi connectivity index (χ0v) is 12.4. The van der Waals surface area contributed by atoms with Gasteiger partial charge in [-0.2, -0.15) is 0 Å². The van der Waals surface area contributed by atoms with Crippen molar-refractivity contribution < 1.29 is 0 Å². The predicted octanol–water partition coefficient (Wildman–Crippen LogP) is 3.99. The lowest BCUT2D eigenvalue weighted by atomic mass is 10.1. The predicted molar refractivity (Wildman–Crippen MR) is 81.0 cm³/mol. The lowest BCUT2D eigenvalue weighted by Gasteiger charge is -2.19. The van der Waals surface area contributed by atoms with Gasteiger partial charge in [0.05, 0.1) is 0 Å². The van der Waals surface area contributed by atoms with Gasteiger partial charge in [0.25, 0.3) is 0 Å². The van der Waals surface area contributed by atoms with Crippen LogP contribution in [0.5, 0.6) is 0 Å². The number of nitrogens with one attached hydrogen (secondary N) is 1. The van der Waals surface area contributed by atoms with Gasteiger partial charge in [-0.25, -0.2) is 0 Å². The Morgan fingerprint density at radius 1 is 1.17 bits per heavy atom. The summed E-state index contributed by atoms with van der Waals surface area (Å²) in [5.74, 6) is 0.733. The minimum atomic E-state index is 0.733. The first-order valence-corrected chi connectivity index (χ1v) is 7.24. The Balaban J connectivity index is 2.56. The van der Waals surface area contributed by atoms with Gasteiger partial charge in [0.1, 0.15) is 0 Å². The number of benzene rings is 1. The van der Waals surface area contributed by atoms with E-state index in [0.717, 1.165) is 32.1 Å². The molecule has 18 heavy (non-hydrogen) atoms. The molecule has 0 bridgehead atoms. The van der Waals surface area contributed by atoms with Gasteiger partial charge in [0.15, 0.2) is 0 Å². The molecule has 0 amide bonds. The van der Waals surface area contributed by atoms with Crippen molar-refractivity contribution in [2.24, 2.45) is 5.92 Å². The molecule has 0 aromatic heterocycles. The minimum absolute atomic E-state index is 0.733. The maximum absolute atomic E-state index is 3.53. The van der Waals surface area contributed by atoms with E-state index in [-0.39, 0.29) is 0 Å². The molecule has 0 aliphatic heterocycles. The van der Waals surface area contributed by atoms with E-state index in [4.69, 9.17) is 0 Å². The van der Waals surface area contributed by atoms with Crippen molar-refractivity contribution >= 4 is 5.69 Å². The summed E-state index contributed by atoms with van der Waals surface area (Å²) in [5.41, 5.74) is 2.65. The molecule has 1 N–H and O–H groups in total. The van der Waals surface area contributed by atoms with Gasteiger partial charge in [-0.15, -0.1) is 0 Å². The first-order valence-electron chi connectivity index (χ1n) is 7.24. The standard InChI is InChI=1S/C16H28N2/c1-5-14(4)12-17-16-10-8-9-15(11-16)13-18(6-2)7-3/h8-11,14,17H,5-7,12-13H2,1-4H3. The van der Waals surface area contributed by atoms with E-state index in [1.165, 1.54) is 17.7 Å². The normalized spacial score (nSPS) is 12.7. The van der Waals surface area contributed by atoms with Crippen molar-refractivity contribution in [2.75, 3.05) is 25.0 Å². The van der Waals surface area contributed by atoms with E-state index in [1.54, 1.807) is 0 Å². The summed E-state index contributed by atoms with van der Waals surface area (Å²) in [6, 6.07) is 8.80. The molecular weight excluding hydrogens is 220 g/mol. The summed E-state index contributed by atoms with van der Waals surface area (Å²) in [4.78, 5) is 2.44. The van der Waals surface area contributed by atoms with Crippen molar-refractivity contribution in [3.8, 4) is 0 Å². The number of rotatable bonds is 8. The van der Waals surface area contributed by atoms with Crippen LogP contribution < -0.4 is 5.32 Å². The first-order chi connectivity index (χ1) is 8.69. The first kappa shape index (κ1) is 15.0. The number of anilines is 1. The Morgan fingerprint density at radius 3 is 2.50 bits per heavy atom. The monoisotopic (exact) mass is 248 g/mol. The summed E-state index contributed by atoms with van der Waals surface area (Å²) in [7, 11) is 0. The molecule has 0 saturated carbocycles. The zero-order chi connectivity index (χ0) is 13.4. The van der Waals surface area contributed by atoms with Crippen LogP contribution in [0.2, 0.25) is 0 Å². The molecule has 102 valence electrons. The average molecular weight is 248 g/mol. The third-order valence-electron chi connectivity index (χ3n) is 3.58. The lowest BCUT2D eigenvalue weighted by Crippen LogP contribution is -2.22. The van der Waals surface area contributed by atoms with Gasteiger partial charge in [0, 0.05) is 18.8 Å². The van der Waals surface area contributed by atoms with Crippen molar-refractivity contribution in [2.45, 2.75) is 40.7 Å². The molecule has 2 nitrogen and oxygen atoms in total. The van der Waals surface area contributed by atoms with E-state index in [9.17, 15) is 0 Å². The largest absolute Gasteiger partial charge is 0.385 e. The topological polar surface area (TPSA) is 15.3 Å². The fourth-order valence-corrected chi connectivity index (χ4v) is 1.92. The highest BCUT2D eigenvalue weighted by atomic mass is 15.1. The molecule has 0 saturated heterocycles. The molecule has 1 atom stereocenters. The van der Waals surface area contributed by atoms with E-state index in [0.29, 0.717) is 0 Å². The third kappa shape index (κ3) is 5.09. The second-order valence-corrected chi connectivity index (χ2v) is 5.06. The molecule has 1 unspecified atom stereocenters. The Labute approximate surface area is 112 Å². The quantitative estimate of drug-likeness (QED) is 0.748. The molecule has 0 aliphatic carbocycles. The summed E-state index contributed by atoms with van der Waals surface area (Å²) in [5, 5.41) is 3.53. The number of nitrogens with zero attached hydrogens (tertiary/aromatic N) is 1. The zero-order valence-electron chi connectivity index (χ0n) is 12.4. The van der Waals surface area contributed by atoms with Gasteiger partial charge in [0.2, 0.25) is 0 Å². The van der Waals surface area contributed by atoms with E-state index in [2.05, 4.69) is 62.2 Å². The lowest BCUT2D eigenvalue weighted by molar-refractivity contribution is 0.296. The van der Waals surface area contributed by atoms with Crippen LogP contribution in [0, 0.1) is 5.92 Å². The highest BCUT2D eigenvalue weighted by molar-refractivity contribution is 5.45. The van der Waals surface area contributed by atoms with E-state index >= 15 is 0 Å². The van der Waals surface area contributed by atoms with Crippen molar-refractivity contribution in [1.29, 1.82) is 0 Å². The van der Waals surface area contributed by atoms with Crippen LogP contribution in [0.1, 0.15) is 39.7 Å². The molecule has 1 aromatic rings. The molecule has 0 aliphatic rings. The fourth-order valence-electron chi connectivity index (χ4n) is 1.92. The fraction of sp³-hybridized carbons (Fsp3) is 0.625. The molecule has 0 spiro atoms. The Bertz CT molecular complexity index is 332. The number of hydrogen-bond donors (Lipinski definition) is 1. The molecular formula is C16H28N2. The van der Waals surface area contributed by atoms with Gasteiger partial charge < -0.3 is 5.32 Å². The van der Waals surface area contributed by atoms with Crippen LogP contribution in [-0.2, 0) is 6.54 Å². The molecule has 0 heterocycles. The van der Waals surface area contributed by atoms with Gasteiger partial charge >= 0.3 is 0 Å². The smallest absolute Gasteiger partial charge is 0.0343 e. The summed E-state index contributed by atoms with van der Waals surface area (Å²) in [6.45, 7) is 13.3. The van der Waals surface area contributed by atoms with E-state index < -0.39 is 0 Å². The molecule has 1 aromatic carbocycles. The molecule has 0 radical (unpaired) electrons. The maximum atomic E-state index is 3.53. The third-order valence-corrected chi connectivity index (χ3v) is 3.58. The van der Waals surface area contributed by atoms with Crippen LogP contribution >= 0.6 is 0 Å². The summed E-state index contributed by atoms with van der Waals surface area (Å²) < 4.78 is 0. The molecule has 2 heteroatoms. The molecule has 0 fully saturated rings. The highest BCUT2D eigenvalue weighted by Crippen LogP contribution is 2.13. The Kier molecular flexibility index (Phi) is 6.81. The second kappa shape index (κ2) is 8.15. The van der Waals surface area contributed by atoms with Crippen LogP contribution in [0.25, 0.3) is 0 Å². The van der Waals surface area contributed by atoms with Crippen molar-refractivity contribution in [1.82, 2.24) is 4.90 Å². The van der Waals surface area contributed by atoms with Gasteiger partial charge in [-0.05, 0) is 36.7 Å². The SMILES string of the molecule is CCC(C)CNc1cccc(CN(CC)CC)c1. The van der Waals surface area contributed by atoms with Crippen molar-refractivity contribution in [3.05, 3.63) is 29.8 Å². The Hall–Kier alpha value is -1.02. The van der Waals surface area contributed by atoms with Crippen LogP contribution in [0.15, 0.2) is 24.3 Å². The van der Waals surface area contributed by atoms with Gasteiger partial charge in [-0.3, -0.25) is 4.90 Å². The second-order valence-electron chi connectivity index (χ2n) is 5.06. The van der Waals surface area contributed by atoms with E-state index in [1.807, 2.05) is 0 Å². The maximum Gasteiger partial charge on any atom is 0.0343 e. The van der Waals surface area contributed by atoms with Crippen LogP contribution in [0.4, 0.5) is 5.69 Å². The highest BCUT2D eigenvalue weighted by Gasteiger charge is 2.03. The average Bonchev–Trinajstić information content (AvgIpc) is 2.42. The summed E-state index contributed by atoms with van der Waals surface area (Å²) >= 11 is 0. The van der Waals surface area contributed by atoms with Crippen LogP contribution in [0.3, 0.4) is 0 Å². The van der Waals surface area contributed by atoms with Gasteiger partial charge in [-0.1, -0.05) is 46.2 Å². The van der Waals surface area contributed by atoms with Crippen LogP contribution in [-0.4, -0.2) is 24.5 Å². The Morgan fingerprint density at radius 2 is 1.89 bits per heavy atom. The van der Waals surface area contributed by atoms with Crippen molar-refractivity contribution in [3.63, 3.8) is 0 Å². The summed E-state index contributed by atoms with van der Waals surface area (Å²) in [6.07, 6.45) is 1.23. The molecule has 1 rings (SSSR count). The minimum Gasteiger partial charge on any atom is -0.385 e.